The molecule has 2 rings (SSSR count). The summed E-state index contributed by atoms with van der Waals surface area (Å²) in [6.45, 7) is 0. The number of aromatic nitrogens is 2. The highest BCUT2D eigenvalue weighted by molar-refractivity contribution is 5.58. The molecule has 0 saturated heterocycles. The Morgan fingerprint density at radius 2 is 2.36 bits per heavy atom. The van der Waals surface area contributed by atoms with Crippen LogP contribution in [0.3, 0.4) is 0 Å². The molecule has 0 amide bonds. The van der Waals surface area contributed by atoms with Gasteiger partial charge in [0.2, 0.25) is 0 Å². The zero-order chi connectivity index (χ0) is 9.97. The largest absolute Gasteiger partial charge is 0.505 e. The predicted molar refractivity (Wildman–Crippen MR) is 50.4 cm³/mol. The summed E-state index contributed by atoms with van der Waals surface area (Å²) >= 11 is 0. The van der Waals surface area contributed by atoms with Gasteiger partial charge in [0.15, 0.2) is 5.75 Å². The topological polar surface area (TPSA) is 72.7 Å². The van der Waals surface area contributed by atoms with Crippen LogP contribution in [0.25, 0.3) is 11.4 Å². The van der Waals surface area contributed by atoms with Crippen LogP contribution in [0.5, 0.6) is 5.75 Å². The lowest BCUT2D eigenvalue weighted by atomic mass is 10.2. The van der Waals surface area contributed by atoms with E-state index in [2.05, 4.69) is 9.97 Å². The van der Waals surface area contributed by atoms with Crippen LogP contribution in [0.2, 0.25) is 0 Å². The van der Waals surface area contributed by atoms with E-state index in [1.807, 2.05) is 18.2 Å². The van der Waals surface area contributed by atoms with Gasteiger partial charge in [0.25, 0.3) is 0 Å². The maximum atomic E-state index is 9.24. The Kier molecular flexibility index (Phi) is 1.92. The Hall–Kier alpha value is -2.28. The third kappa shape index (κ3) is 1.31. The normalized spacial score (nSPS) is 9.64. The molecule has 0 bridgehead atoms. The molecule has 0 aliphatic rings. The Morgan fingerprint density at radius 1 is 1.50 bits per heavy atom. The second-order valence-corrected chi connectivity index (χ2v) is 2.78. The van der Waals surface area contributed by atoms with Crippen molar-refractivity contribution >= 4 is 0 Å². The van der Waals surface area contributed by atoms with Gasteiger partial charge in [-0.1, -0.05) is 0 Å². The number of pyridine rings is 1. The van der Waals surface area contributed by atoms with Crippen LogP contribution in [0.1, 0.15) is 5.56 Å². The third-order valence-electron chi connectivity index (χ3n) is 1.88. The van der Waals surface area contributed by atoms with E-state index in [1.54, 1.807) is 12.3 Å². The van der Waals surface area contributed by atoms with E-state index in [0.717, 1.165) is 5.69 Å². The molecule has 0 spiro atoms. The van der Waals surface area contributed by atoms with Gasteiger partial charge in [-0.05, 0) is 18.2 Å². The van der Waals surface area contributed by atoms with Crippen molar-refractivity contribution in [1.29, 1.82) is 5.26 Å². The van der Waals surface area contributed by atoms with Gasteiger partial charge in [-0.2, -0.15) is 5.26 Å². The minimum Gasteiger partial charge on any atom is -0.505 e. The molecule has 2 aromatic rings. The molecule has 0 aliphatic heterocycles. The Labute approximate surface area is 80.5 Å². The summed E-state index contributed by atoms with van der Waals surface area (Å²) in [5, 5.41) is 17.9. The summed E-state index contributed by atoms with van der Waals surface area (Å²) in [5.74, 6) is -0.0946. The first-order valence-corrected chi connectivity index (χ1v) is 4.04. The molecule has 0 aromatic carbocycles. The molecule has 2 aromatic heterocycles. The fourth-order valence-corrected chi connectivity index (χ4v) is 1.17. The standard InChI is InChI=1S/C10H7N3O/c11-5-7-4-9(13-6-10(7)14)8-2-1-3-12-8/h1-4,6,12,14H. The summed E-state index contributed by atoms with van der Waals surface area (Å²) in [5.41, 5.74) is 1.69. The molecule has 0 saturated carbocycles. The summed E-state index contributed by atoms with van der Waals surface area (Å²) in [6.07, 6.45) is 3.05. The van der Waals surface area contributed by atoms with Crippen LogP contribution >= 0.6 is 0 Å². The zero-order valence-electron chi connectivity index (χ0n) is 7.23. The molecule has 0 radical (unpaired) electrons. The Balaban J connectivity index is 2.53. The first-order valence-electron chi connectivity index (χ1n) is 4.04. The van der Waals surface area contributed by atoms with E-state index in [0.29, 0.717) is 5.69 Å². The first kappa shape index (κ1) is 8.32. The van der Waals surface area contributed by atoms with Gasteiger partial charge < -0.3 is 10.1 Å². The number of aromatic hydroxyl groups is 1. The van der Waals surface area contributed by atoms with Crippen molar-refractivity contribution in [2.75, 3.05) is 0 Å². The van der Waals surface area contributed by atoms with Crippen LogP contribution in [0.15, 0.2) is 30.6 Å². The van der Waals surface area contributed by atoms with Crippen LogP contribution in [-0.2, 0) is 0 Å². The molecule has 0 atom stereocenters. The van der Waals surface area contributed by atoms with Gasteiger partial charge in [0, 0.05) is 6.20 Å². The third-order valence-corrected chi connectivity index (χ3v) is 1.88. The monoisotopic (exact) mass is 185 g/mol. The molecule has 14 heavy (non-hydrogen) atoms. The number of aromatic amines is 1. The summed E-state index contributed by atoms with van der Waals surface area (Å²) in [4.78, 5) is 6.97. The van der Waals surface area contributed by atoms with Crippen LogP contribution in [-0.4, -0.2) is 15.1 Å². The van der Waals surface area contributed by atoms with E-state index in [9.17, 15) is 5.11 Å². The van der Waals surface area contributed by atoms with E-state index in [4.69, 9.17) is 5.26 Å². The molecule has 4 heteroatoms. The van der Waals surface area contributed by atoms with Crippen molar-refractivity contribution in [3.8, 4) is 23.2 Å². The van der Waals surface area contributed by atoms with Gasteiger partial charge in [-0.15, -0.1) is 0 Å². The average Bonchev–Trinajstić information content (AvgIpc) is 2.71. The molecule has 68 valence electrons. The summed E-state index contributed by atoms with van der Waals surface area (Å²) < 4.78 is 0. The van der Waals surface area contributed by atoms with Crippen molar-refractivity contribution < 1.29 is 5.11 Å². The lowest BCUT2D eigenvalue weighted by Crippen LogP contribution is -1.85. The van der Waals surface area contributed by atoms with Gasteiger partial charge in [0.1, 0.15) is 6.07 Å². The number of hydrogen-bond donors (Lipinski definition) is 2. The van der Waals surface area contributed by atoms with Gasteiger partial charge in [0.05, 0.1) is 23.1 Å². The Morgan fingerprint density at radius 3 is 3.00 bits per heavy atom. The first-order chi connectivity index (χ1) is 6.81. The lowest BCUT2D eigenvalue weighted by Gasteiger charge is -1.99. The molecular formula is C10H7N3O. The number of rotatable bonds is 1. The van der Waals surface area contributed by atoms with Crippen LogP contribution in [0, 0.1) is 11.3 Å². The predicted octanol–water partition coefficient (Wildman–Crippen LogP) is 1.65. The fourth-order valence-electron chi connectivity index (χ4n) is 1.17. The van der Waals surface area contributed by atoms with Gasteiger partial charge >= 0.3 is 0 Å². The van der Waals surface area contributed by atoms with Crippen molar-refractivity contribution in [1.82, 2.24) is 9.97 Å². The highest BCUT2D eigenvalue weighted by Crippen LogP contribution is 2.20. The molecule has 0 fully saturated rings. The number of nitrogens with one attached hydrogen (secondary N) is 1. The van der Waals surface area contributed by atoms with Crippen LogP contribution in [0.4, 0.5) is 0 Å². The molecule has 4 nitrogen and oxygen atoms in total. The fraction of sp³-hybridized carbons (Fsp3) is 0. The highest BCUT2D eigenvalue weighted by atomic mass is 16.3. The minimum absolute atomic E-state index is 0.0946. The van der Waals surface area contributed by atoms with Crippen molar-refractivity contribution in [3.05, 3.63) is 36.2 Å². The molecule has 2 heterocycles. The van der Waals surface area contributed by atoms with E-state index < -0.39 is 0 Å². The average molecular weight is 185 g/mol. The minimum atomic E-state index is -0.0946. The van der Waals surface area contributed by atoms with Crippen molar-refractivity contribution in [2.24, 2.45) is 0 Å². The van der Waals surface area contributed by atoms with Gasteiger partial charge in [-0.25, -0.2) is 0 Å². The Bertz CT molecular complexity index is 483. The number of nitrogens with zero attached hydrogens (tertiary/aromatic N) is 2. The molecule has 0 aliphatic carbocycles. The molecule has 2 N–H and O–H groups in total. The smallest absolute Gasteiger partial charge is 0.151 e. The lowest BCUT2D eigenvalue weighted by molar-refractivity contribution is 0.471. The van der Waals surface area contributed by atoms with E-state index in [-0.39, 0.29) is 11.3 Å². The van der Waals surface area contributed by atoms with Crippen LogP contribution < -0.4 is 0 Å². The van der Waals surface area contributed by atoms with E-state index >= 15 is 0 Å². The number of nitriles is 1. The molecular weight excluding hydrogens is 178 g/mol. The van der Waals surface area contributed by atoms with Crippen molar-refractivity contribution in [3.63, 3.8) is 0 Å². The van der Waals surface area contributed by atoms with E-state index in [1.165, 1.54) is 6.20 Å². The summed E-state index contributed by atoms with van der Waals surface area (Å²) in [7, 11) is 0. The SMILES string of the molecule is N#Cc1cc(-c2ccc[nH]2)ncc1O. The van der Waals surface area contributed by atoms with Gasteiger partial charge in [-0.3, -0.25) is 4.98 Å². The maximum absolute atomic E-state index is 9.24. The maximum Gasteiger partial charge on any atom is 0.151 e. The highest BCUT2D eigenvalue weighted by Gasteiger charge is 2.05. The quantitative estimate of drug-likeness (QED) is 0.709. The number of hydrogen-bond acceptors (Lipinski definition) is 3. The second-order valence-electron chi connectivity index (χ2n) is 2.78. The summed E-state index contributed by atoms with van der Waals surface area (Å²) in [6, 6.07) is 7.13. The molecule has 0 unspecified atom stereocenters. The number of H-pyrrole nitrogens is 1. The van der Waals surface area contributed by atoms with Crippen molar-refractivity contribution in [2.45, 2.75) is 0 Å². The second kappa shape index (κ2) is 3.23. The zero-order valence-corrected chi connectivity index (χ0v) is 7.23.